The van der Waals surface area contributed by atoms with E-state index < -0.39 is 0 Å². The zero-order valence-electron chi connectivity index (χ0n) is 16.0. The van der Waals surface area contributed by atoms with E-state index in [1.807, 2.05) is 31.2 Å². The molecule has 3 aromatic rings. The number of benzene rings is 1. The Bertz CT molecular complexity index is 956. The molecular weight excluding hydrogens is 354 g/mol. The van der Waals surface area contributed by atoms with E-state index in [9.17, 15) is 0 Å². The van der Waals surface area contributed by atoms with Crippen molar-refractivity contribution in [3.8, 4) is 0 Å². The number of para-hydroxylation sites is 1. The van der Waals surface area contributed by atoms with Gasteiger partial charge in [0.05, 0.1) is 24.4 Å². The van der Waals surface area contributed by atoms with Gasteiger partial charge in [-0.25, -0.2) is 9.97 Å². The summed E-state index contributed by atoms with van der Waals surface area (Å²) in [6.07, 6.45) is 1.51. The number of pyridine rings is 1. The molecule has 4 N–H and O–H groups in total. The number of hydrogen-bond donors (Lipinski definition) is 3. The second kappa shape index (κ2) is 8.37. The summed E-state index contributed by atoms with van der Waals surface area (Å²) in [5.41, 5.74) is 9.53. The van der Waals surface area contributed by atoms with E-state index >= 15 is 0 Å². The molecule has 3 heterocycles. The maximum atomic E-state index is 6.32. The first-order valence-electron chi connectivity index (χ1n) is 9.48. The molecule has 1 aliphatic rings. The quantitative estimate of drug-likeness (QED) is 0.600. The lowest BCUT2D eigenvalue weighted by Gasteiger charge is -2.26. The predicted octanol–water partition coefficient (Wildman–Crippen LogP) is 2.40. The number of anilines is 4. The van der Waals surface area contributed by atoms with Gasteiger partial charge >= 0.3 is 0 Å². The molecule has 1 aliphatic heterocycles. The Morgan fingerprint density at radius 2 is 1.93 bits per heavy atom. The number of nitrogen functional groups attached to an aromatic ring is 1. The first-order valence-corrected chi connectivity index (χ1v) is 9.48. The molecule has 146 valence electrons. The van der Waals surface area contributed by atoms with Crippen molar-refractivity contribution in [2.24, 2.45) is 0 Å². The summed E-state index contributed by atoms with van der Waals surface area (Å²) in [6.45, 7) is 7.16. The topological polar surface area (TPSA) is 101 Å². The highest BCUT2D eigenvalue weighted by atomic mass is 16.5. The molecule has 8 heteroatoms. The first kappa shape index (κ1) is 18.4. The fourth-order valence-corrected chi connectivity index (χ4v) is 3.27. The third-order valence-corrected chi connectivity index (χ3v) is 4.82. The second-order valence-electron chi connectivity index (χ2n) is 6.82. The number of nitrogens with two attached hydrogens (primary N) is 1. The zero-order chi connectivity index (χ0) is 19.3. The lowest BCUT2D eigenvalue weighted by molar-refractivity contribution is 0.0398. The number of hydrogen-bond acceptors (Lipinski definition) is 8. The number of nitrogens with zero attached hydrogens (tertiary/aromatic N) is 4. The van der Waals surface area contributed by atoms with Gasteiger partial charge in [-0.2, -0.15) is 0 Å². The van der Waals surface area contributed by atoms with E-state index in [0.29, 0.717) is 17.3 Å². The smallest absolute Gasteiger partial charge is 0.159 e. The first-order chi connectivity index (χ1) is 13.7. The lowest BCUT2D eigenvalue weighted by Crippen LogP contribution is -2.39. The van der Waals surface area contributed by atoms with E-state index in [1.54, 1.807) is 0 Å². The number of ether oxygens (including phenoxy) is 1. The number of aryl methyl sites for hydroxylation is 1. The molecular formula is C20H25N7O. The van der Waals surface area contributed by atoms with Crippen LogP contribution in [0, 0.1) is 6.92 Å². The van der Waals surface area contributed by atoms with Gasteiger partial charge in [0.25, 0.3) is 0 Å². The minimum absolute atomic E-state index is 0.495. The highest BCUT2D eigenvalue weighted by Gasteiger charge is 2.12. The van der Waals surface area contributed by atoms with Crippen LogP contribution in [0.2, 0.25) is 0 Å². The van der Waals surface area contributed by atoms with Crippen molar-refractivity contribution in [3.05, 3.63) is 42.4 Å². The van der Waals surface area contributed by atoms with Crippen LogP contribution in [-0.4, -0.2) is 59.2 Å². The molecule has 0 bridgehead atoms. The van der Waals surface area contributed by atoms with E-state index in [1.165, 1.54) is 6.33 Å². The molecule has 0 saturated carbocycles. The second-order valence-corrected chi connectivity index (χ2v) is 6.82. The average Bonchev–Trinajstić information content (AvgIpc) is 2.72. The van der Waals surface area contributed by atoms with Gasteiger partial charge in [0.2, 0.25) is 0 Å². The van der Waals surface area contributed by atoms with Gasteiger partial charge in [-0.15, -0.1) is 0 Å². The predicted molar refractivity (Wildman–Crippen MR) is 112 cm³/mol. The largest absolute Gasteiger partial charge is 0.393 e. The monoisotopic (exact) mass is 379 g/mol. The number of morpholine rings is 1. The number of aromatic nitrogens is 3. The highest BCUT2D eigenvalue weighted by Crippen LogP contribution is 2.29. The van der Waals surface area contributed by atoms with Crippen LogP contribution < -0.4 is 16.4 Å². The third-order valence-electron chi connectivity index (χ3n) is 4.82. The van der Waals surface area contributed by atoms with Gasteiger partial charge < -0.3 is 21.1 Å². The van der Waals surface area contributed by atoms with Crippen LogP contribution in [0.15, 0.2) is 36.7 Å². The van der Waals surface area contributed by atoms with Crippen molar-refractivity contribution < 1.29 is 4.74 Å². The normalized spacial score (nSPS) is 14.9. The summed E-state index contributed by atoms with van der Waals surface area (Å²) in [4.78, 5) is 15.6. The van der Waals surface area contributed by atoms with Crippen molar-refractivity contribution in [2.45, 2.75) is 6.92 Å². The Morgan fingerprint density at radius 3 is 2.79 bits per heavy atom. The molecule has 1 fully saturated rings. The molecule has 1 aromatic carbocycles. The van der Waals surface area contributed by atoms with Crippen molar-refractivity contribution in [1.29, 1.82) is 0 Å². The molecule has 0 aliphatic carbocycles. The van der Waals surface area contributed by atoms with E-state index in [4.69, 9.17) is 10.5 Å². The minimum atomic E-state index is 0.495. The van der Waals surface area contributed by atoms with Crippen LogP contribution in [-0.2, 0) is 4.74 Å². The summed E-state index contributed by atoms with van der Waals surface area (Å²) in [7, 11) is 0. The average molecular weight is 379 g/mol. The van der Waals surface area contributed by atoms with Gasteiger partial charge in [0, 0.05) is 37.3 Å². The van der Waals surface area contributed by atoms with E-state index in [0.717, 1.165) is 61.7 Å². The lowest BCUT2D eigenvalue weighted by atomic mass is 10.1. The summed E-state index contributed by atoms with van der Waals surface area (Å²) >= 11 is 0. The SMILES string of the molecule is Cc1ccc2cccc(Nc3ncnc(NCCN4CCOCC4)c3N)c2n1. The van der Waals surface area contributed by atoms with Crippen LogP contribution >= 0.6 is 0 Å². The molecule has 0 atom stereocenters. The molecule has 2 aromatic heterocycles. The summed E-state index contributed by atoms with van der Waals surface area (Å²) in [6, 6.07) is 10.1. The minimum Gasteiger partial charge on any atom is -0.393 e. The molecule has 0 amide bonds. The fraction of sp³-hybridized carbons (Fsp3) is 0.350. The van der Waals surface area contributed by atoms with E-state index in [2.05, 4.69) is 36.6 Å². The Kier molecular flexibility index (Phi) is 5.50. The van der Waals surface area contributed by atoms with Crippen molar-refractivity contribution in [2.75, 3.05) is 55.8 Å². The van der Waals surface area contributed by atoms with Gasteiger partial charge in [-0.05, 0) is 19.1 Å². The van der Waals surface area contributed by atoms with Crippen LogP contribution in [0.4, 0.5) is 23.0 Å². The van der Waals surface area contributed by atoms with E-state index in [-0.39, 0.29) is 0 Å². The number of fused-ring (bicyclic) bond motifs is 1. The van der Waals surface area contributed by atoms with Crippen molar-refractivity contribution in [1.82, 2.24) is 19.9 Å². The fourth-order valence-electron chi connectivity index (χ4n) is 3.27. The number of rotatable bonds is 6. The maximum absolute atomic E-state index is 6.32. The maximum Gasteiger partial charge on any atom is 0.159 e. The summed E-state index contributed by atoms with van der Waals surface area (Å²) in [5, 5.41) is 7.70. The molecule has 4 rings (SSSR count). The molecule has 0 radical (unpaired) electrons. The van der Waals surface area contributed by atoms with Gasteiger partial charge in [-0.3, -0.25) is 9.88 Å². The van der Waals surface area contributed by atoms with Gasteiger partial charge in [0.1, 0.15) is 12.0 Å². The van der Waals surface area contributed by atoms with Gasteiger partial charge in [0.15, 0.2) is 11.6 Å². The Morgan fingerprint density at radius 1 is 1.11 bits per heavy atom. The van der Waals surface area contributed by atoms with Crippen molar-refractivity contribution >= 4 is 33.9 Å². The Hall–Kier alpha value is -2.97. The van der Waals surface area contributed by atoms with Crippen molar-refractivity contribution in [3.63, 3.8) is 0 Å². The zero-order valence-corrected chi connectivity index (χ0v) is 16.0. The third kappa shape index (κ3) is 4.13. The molecule has 8 nitrogen and oxygen atoms in total. The summed E-state index contributed by atoms with van der Waals surface area (Å²) in [5.74, 6) is 1.20. The number of nitrogens with one attached hydrogen (secondary N) is 2. The standard InChI is InChI=1S/C20H25N7O/c1-14-5-6-15-3-2-4-16(18(15)25-14)26-20-17(21)19(23-13-24-20)22-7-8-27-9-11-28-12-10-27/h2-6,13H,7-12,21H2,1H3,(H2,22,23,24,26). The molecule has 1 saturated heterocycles. The highest BCUT2D eigenvalue weighted by molar-refractivity contribution is 5.93. The van der Waals surface area contributed by atoms with Crippen LogP contribution in [0.3, 0.4) is 0 Å². The molecule has 0 spiro atoms. The van der Waals surface area contributed by atoms with Crippen LogP contribution in [0.5, 0.6) is 0 Å². The van der Waals surface area contributed by atoms with Crippen LogP contribution in [0.1, 0.15) is 5.69 Å². The Balaban J connectivity index is 1.48. The Labute approximate surface area is 164 Å². The molecule has 0 unspecified atom stereocenters. The van der Waals surface area contributed by atoms with Crippen LogP contribution in [0.25, 0.3) is 10.9 Å². The van der Waals surface area contributed by atoms with Gasteiger partial charge in [-0.1, -0.05) is 18.2 Å². The molecule has 28 heavy (non-hydrogen) atoms. The summed E-state index contributed by atoms with van der Waals surface area (Å²) < 4.78 is 5.38.